The van der Waals surface area contributed by atoms with Gasteiger partial charge in [-0.2, -0.15) is 0 Å². The highest BCUT2D eigenvalue weighted by molar-refractivity contribution is 5.91. The molecule has 2 aromatic rings. The third-order valence-corrected chi connectivity index (χ3v) is 8.35. The van der Waals surface area contributed by atoms with Crippen LogP contribution in [0.4, 0.5) is 5.82 Å². The second-order valence-electron chi connectivity index (χ2n) is 12.0. The molecule has 0 radical (unpaired) electrons. The number of amides is 1. The topological polar surface area (TPSA) is 134 Å². The number of nitrogens with one attached hydrogen (secondary N) is 3. The number of ether oxygens (including phenoxy) is 6. The van der Waals surface area contributed by atoms with Gasteiger partial charge in [-0.25, -0.2) is 9.97 Å². The van der Waals surface area contributed by atoms with E-state index in [2.05, 4.69) is 51.3 Å². The average molecular weight is 678 g/mol. The molecular weight excluding hydrogens is 626 g/mol. The van der Waals surface area contributed by atoms with E-state index < -0.39 is 0 Å². The second kappa shape index (κ2) is 20.0. The summed E-state index contributed by atoms with van der Waals surface area (Å²) in [6.07, 6.45) is 14.9. The quantitative estimate of drug-likeness (QED) is 0.404. The van der Waals surface area contributed by atoms with Crippen LogP contribution in [0.1, 0.15) is 31.5 Å². The molecule has 1 unspecified atom stereocenters. The first-order chi connectivity index (χ1) is 24.1. The maximum absolute atomic E-state index is 12.1. The molecule has 1 aromatic carbocycles. The maximum Gasteiger partial charge on any atom is 0.222 e. The lowest BCUT2D eigenvalue weighted by Crippen LogP contribution is -2.29. The summed E-state index contributed by atoms with van der Waals surface area (Å²) in [5.41, 5.74) is 4.64. The van der Waals surface area contributed by atoms with Crippen LogP contribution in [0.3, 0.4) is 0 Å². The maximum atomic E-state index is 12.1. The highest BCUT2D eigenvalue weighted by atomic mass is 16.6. The van der Waals surface area contributed by atoms with Crippen molar-refractivity contribution >= 4 is 22.6 Å². The van der Waals surface area contributed by atoms with Crippen LogP contribution >= 0.6 is 0 Å². The number of nitrogens with zero attached hydrogens (tertiary/aromatic N) is 2. The summed E-state index contributed by atoms with van der Waals surface area (Å²) in [6.45, 7) is 8.43. The number of methoxy groups -OCH3 is 1. The van der Waals surface area contributed by atoms with Crippen LogP contribution < -0.4 is 25.4 Å². The molecule has 1 aliphatic heterocycles. The molecule has 2 aliphatic carbocycles. The van der Waals surface area contributed by atoms with Crippen molar-refractivity contribution in [1.82, 2.24) is 20.6 Å². The number of hydrogen-bond donors (Lipinski definition) is 3. The van der Waals surface area contributed by atoms with Gasteiger partial charge >= 0.3 is 0 Å². The summed E-state index contributed by atoms with van der Waals surface area (Å²) in [5.74, 6) is 2.92. The largest absolute Gasteiger partial charge is 0.493 e. The van der Waals surface area contributed by atoms with Gasteiger partial charge in [0.2, 0.25) is 5.91 Å². The third-order valence-electron chi connectivity index (χ3n) is 8.35. The first-order valence-electron chi connectivity index (χ1n) is 17.4. The number of carbonyl (C=O) groups is 1. The Morgan fingerprint density at radius 2 is 1.61 bits per heavy atom. The number of hydrogen-bond acceptors (Lipinski definition) is 11. The van der Waals surface area contributed by atoms with E-state index in [1.165, 1.54) is 16.7 Å². The van der Waals surface area contributed by atoms with Gasteiger partial charge in [0.05, 0.1) is 65.5 Å². The number of carbonyl (C=O) groups excluding carboxylic acids is 1. The molecule has 0 saturated carbocycles. The van der Waals surface area contributed by atoms with Crippen LogP contribution in [0.2, 0.25) is 0 Å². The molecule has 1 amide bonds. The first kappa shape index (κ1) is 36.5. The highest BCUT2D eigenvalue weighted by Gasteiger charge is 2.18. The number of allylic oxidation sites excluding steroid dienone is 5. The molecular formula is C37H51N5O7. The van der Waals surface area contributed by atoms with Gasteiger partial charge in [-0.15, -0.1) is 0 Å². The van der Waals surface area contributed by atoms with Gasteiger partial charge in [0.25, 0.3) is 0 Å². The minimum Gasteiger partial charge on any atom is -0.493 e. The standard InChI is InChI=1S/C37H51N5O7/c1-27-41-33-24-34(44-2)35-23-32(33)37(42-27)40-25-28-6-5-8-29(22-28)31-9-4-3-7-30(31)26-38-11-14-45-13-10-36(43)39-12-15-46-16-17-47-18-19-48-20-21-49-35/h5,7-9,22-24,28,38H,3-4,6,10-21,25-26H2,1-2H3,(H,39,43)(H,40,41,42). The van der Waals surface area contributed by atoms with Gasteiger partial charge in [-0.1, -0.05) is 30.4 Å². The Kier molecular flexibility index (Phi) is 14.9. The van der Waals surface area contributed by atoms with E-state index in [1.54, 1.807) is 7.11 Å². The predicted molar refractivity (Wildman–Crippen MR) is 189 cm³/mol. The summed E-state index contributed by atoms with van der Waals surface area (Å²) < 4.78 is 34.2. The molecule has 12 heteroatoms. The molecule has 0 fully saturated rings. The smallest absolute Gasteiger partial charge is 0.222 e. The predicted octanol–water partition coefficient (Wildman–Crippen LogP) is 4.06. The van der Waals surface area contributed by atoms with Gasteiger partial charge in [0, 0.05) is 44.1 Å². The van der Waals surface area contributed by atoms with Crippen LogP contribution in [-0.4, -0.2) is 109 Å². The number of fused-ring (bicyclic) bond motifs is 4. The van der Waals surface area contributed by atoms with Gasteiger partial charge in [-0.05, 0) is 54.9 Å². The highest BCUT2D eigenvalue weighted by Crippen LogP contribution is 2.35. The molecule has 4 bridgehead atoms. The second-order valence-corrected chi connectivity index (χ2v) is 12.0. The fourth-order valence-electron chi connectivity index (χ4n) is 5.89. The van der Waals surface area contributed by atoms with E-state index in [9.17, 15) is 4.79 Å². The Bertz CT molecular complexity index is 1510. The zero-order valence-corrected chi connectivity index (χ0v) is 28.9. The summed E-state index contributed by atoms with van der Waals surface area (Å²) in [5, 5.41) is 10.9. The minimum absolute atomic E-state index is 0.0454. The van der Waals surface area contributed by atoms with E-state index in [0.29, 0.717) is 102 Å². The summed E-state index contributed by atoms with van der Waals surface area (Å²) in [7, 11) is 1.62. The zero-order chi connectivity index (χ0) is 34.1. The molecule has 2 heterocycles. The monoisotopic (exact) mass is 677 g/mol. The van der Waals surface area contributed by atoms with E-state index in [4.69, 9.17) is 33.4 Å². The Morgan fingerprint density at radius 3 is 2.45 bits per heavy atom. The molecule has 266 valence electrons. The van der Waals surface area contributed by atoms with Crippen molar-refractivity contribution in [3.05, 3.63) is 65.1 Å². The Labute approximate surface area is 289 Å². The Morgan fingerprint density at radius 1 is 0.857 bits per heavy atom. The normalized spacial score (nSPS) is 21.7. The molecule has 1 aromatic heterocycles. The lowest BCUT2D eigenvalue weighted by Gasteiger charge is -2.23. The van der Waals surface area contributed by atoms with Gasteiger partial charge in [0.15, 0.2) is 11.5 Å². The zero-order valence-electron chi connectivity index (χ0n) is 28.9. The van der Waals surface area contributed by atoms with E-state index in [0.717, 1.165) is 49.1 Å². The number of benzene rings is 1. The van der Waals surface area contributed by atoms with Crippen molar-refractivity contribution in [2.45, 2.75) is 32.6 Å². The van der Waals surface area contributed by atoms with Crippen LogP contribution in [0.25, 0.3) is 10.9 Å². The fourth-order valence-corrected chi connectivity index (χ4v) is 5.89. The lowest BCUT2D eigenvalue weighted by molar-refractivity contribution is -0.122. The van der Waals surface area contributed by atoms with E-state index in [1.807, 2.05) is 19.1 Å². The van der Waals surface area contributed by atoms with Crippen LogP contribution in [-0.2, 0) is 23.7 Å². The molecule has 0 spiro atoms. The number of aromatic nitrogens is 2. The molecule has 5 rings (SSSR count). The summed E-state index contributed by atoms with van der Waals surface area (Å²) >= 11 is 0. The van der Waals surface area contributed by atoms with Crippen molar-refractivity contribution < 1.29 is 33.2 Å². The molecule has 0 saturated heterocycles. The number of aryl methyl sites for hydroxylation is 1. The van der Waals surface area contributed by atoms with Gasteiger partial charge in [0.1, 0.15) is 18.2 Å². The average Bonchev–Trinajstić information content (AvgIpc) is 3.11. The van der Waals surface area contributed by atoms with Crippen molar-refractivity contribution in [3.8, 4) is 11.5 Å². The lowest BCUT2D eigenvalue weighted by atomic mass is 9.86. The number of rotatable bonds is 1. The molecule has 12 nitrogen and oxygen atoms in total. The van der Waals surface area contributed by atoms with Crippen molar-refractivity contribution in [1.29, 1.82) is 0 Å². The van der Waals surface area contributed by atoms with Gasteiger partial charge in [-0.3, -0.25) is 4.79 Å². The van der Waals surface area contributed by atoms with Crippen LogP contribution in [0.15, 0.2) is 59.2 Å². The van der Waals surface area contributed by atoms with Crippen molar-refractivity contribution in [2.24, 2.45) is 5.92 Å². The van der Waals surface area contributed by atoms with Gasteiger partial charge < -0.3 is 44.4 Å². The van der Waals surface area contributed by atoms with E-state index >= 15 is 0 Å². The first-order valence-corrected chi connectivity index (χ1v) is 17.4. The third kappa shape index (κ3) is 11.6. The van der Waals surface area contributed by atoms with Crippen LogP contribution in [0.5, 0.6) is 11.5 Å². The molecule has 1 atom stereocenters. The van der Waals surface area contributed by atoms with Crippen LogP contribution in [0, 0.1) is 12.8 Å². The minimum atomic E-state index is -0.0454. The number of anilines is 1. The molecule has 3 N–H and O–H groups in total. The van der Waals surface area contributed by atoms with Crippen molar-refractivity contribution in [2.75, 3.05) is 98.1 Å². The SMILES string of the molecule is COc1cc2nc(C)nc3c2cc1OCCOCCOCCOCCNC(=O)CCOCCNCC1=CCCC=C1C1=CC(CC=C1)CN3. The Hall–Kier alpha value is -3.81. The molecule has 49 heavy (non-hydrogen) atoms. The fraction of sp³-hybridized carbons (Fsp3) is 0.541. The Balaban J connectivity index is 1.25. The van der Waals surface area contributed by atoms with E-state index in [-0.39, 0.29) is 5.91 Å². The van der Waals surface area contributed by atoms with Crippen molar-refractivity contribution in [3.63, 3.8) is 0 Å². The summed E-state index contributed by atoms with van der Waals surface area (Å²) in [6, 6.07) is 3.84. The summed E-state index contributed by atoms with van der Waals surface area (Å²) in [4.78, 5) is 21.5. The molecule has 3 aliphatic rings.